The number of halogens is 1. The van der Waals surface area contributed by atoms with Crippen molar-refractivity contribution in [3.8, 4) is 0 Å². The van der Waals surface area contributed by atoms with Gasteiger partial charge in [0.1, 0.15) is 5.82 Å². The Hall–Kier alpha value is -0.940. The number of amides is 1. The summed E-state index contributed by atoms with van der Waals surface area (Å²) in [5.41, 5.74) is 0.819. The van der Waals surface area contributed by atoms with Crippen molar-refractivity contribution >= 4 is 35.5 Å². The van der Waals surface area contributed by atoms with Crippen molar-refractivity contribution in [3.63, 3.8) is 0 Å². The smallest absolute Gasteiger partial charge is 0.244 e. The van der Waals surface area contributed by atoms with E-state index < -0.39 is 0 Å². The van der Waals surface area contributed by atoms with E-state index in [1.807, 2.05) is 23.5 Å². The Balaban J connectivity index is 1.75. The second-order valence-electron chi connectivity index (χ2n) is 4.20. The van der Waals surface area contributed by atoms with Crippen LogP contribution in [-0.4, -0.2) is 35.0 Å². The van der Waals surface area contributed by atoms with Crippen LogP contribution in [0, 0.1) is 5.82 Å². The van der Waals surface area contributed by atoms with Gasteiger partial charge in [-0.3, -0.25) is 4.79 Å². The van der Waals surface area contributed by atoms with Crippen molar-refractivity contribution in [1.82, 2.24) is 5.32 Å². The molecule has 1 fully saturated rings. The van der Waals surface area contributed by atoms with Crippen LogP contribution in [0.3, 0.4) is 0 Å². The van der Waals surface area contributed by atoms with E-state index in [1.165, 1.54) is 24.0 Å². The van der Waals surface area contributed by atoms with E-state index in [9.17, 15) is 9.18 Å². The molecule has 1 atom stereocenters. The number of thioether (sulfide) groups is 2. The third-order valence-electron chi connectivity index (χ3n) is 2.69. The van der Waals surface area contributed by atoms with Crippen LogP contribution in [0.1, 0.15) is 5.56 Å². The van der Waals surface area contributed by atoms with Gasteiger partial charge in [-0.05, 0) is 23.8 Å². The van der Waals surface area contributed by atoms with Crippen LogP contribution < -0.4 is 5.32 Å². The first-order chi connectivity index (χ1) is 9.24. The molecule has 0 aromatic heterocycles. The lowest BCUT2D eigenvalue weighted by molar-refractivity contribution is -0.116. The van der Waals surface area contributed by atoms with Gasteiger partial charge in [0.25, 0.3) is 0 Å². The Morgan fingerprint density at radius 2 is 2.16 bits per heavy atom. The minimum absolute atomic E-state index is 0.0968. The molecule has 1 aliphatic rings. The van der Waals surface area contributed by atoms with Gasteiger partial charge in [-0.2, -0.15) is 23.5 Å². The standard InChI is InChI=1S/C14H16FNOS2/c15-12-4-1-11(2-5-12)3-6-14(17)16-9-13-10-18-7-8-19-13/h1-6,13H,7-10H2,(H,16,17)/b6-3-/t13-/m0/s1. The molecule has 1 aromatic rings. The molecule has 0 spiro atoms. The molecule has 1 N–H and O–H groups in total. The van der Waals surface area contributed by atoms with Gasteiger partial charge in [0, 0.05) is 35.1 Å². The Bertz CT molecular complexity index is 441. The van der Waals surface area contributed by atoms with Gasteiger partial charge in [0.05, 0.1) is 0 Å². The van der Waals surface area contributed by atoms with Crippen LogP contribution >= 0.6 is 23.5 Å². The molecule has 0 radical (unpaired) electrons. The molecular formula is C14H16FNOS2. The lowest BCUT2D eigenvalue weighted by Crippen LogP contribution is -2.32. The summed E-state index contributed by atoms with van der Waals surface area (Å²) in [6.07, 6.45) is 3.19. The number of nitrogens with one attached hydrogen (secondary N) is 1. The largest absolute Gasteiger partial charge is 0.351 e. The number of rotatable bonds is 4. The Labute approximate surface area is 121 Å². The molecule has 1 saturated heterocycles. The van der Waals surface area contributed by atoms with E-state index in [1.54, 1.807) is 18.2 Å². The molecule has 0 unspecified atom stereocenters. The minimum atomic E-state index is -0.270. The SMILES string of the molecule is O=C(/C=C\c1ccc(F)cc1)NC[C@H]1CSCCS1. The first-order valence-corrected chi connectivity index (χ1v) is 8.35. The van der Waals surface area contributed by atoms with Gasteiger partial charge < -0.3 is 5.32 Å². The van der Waals surface area contributed by atoms with Crippen molar-refractivity contribution in [2.75, 3.05) is 23.8 Å². The van der Waals surface area contributed by atoms with Crippen LogP contribution in [0.2, 0.25) is 0 Å². The molecule has 2 rings (SSSR count). The number of benzene rings is 1. The van der Waals surface area contributed by atoms with E-state index in [2.05, 4.69) is 5.32 Å². The van der Waals surface area contributed by atoms with E-state index in [4.69, 9.17) is 0 Å². The van der Waals surface area contributed by atoms with Crippen LogP contribution in [0.15, 0.2) is 30.3 Å². The quantitative estimate of drug-likeness (QED) is 0.867. The maximum absolute atomic E-state index is 12.7. The molecule has 2 nitrogen and oxygen atoms in total. The van der Waals surface area contributed by atoms with Gasteiger partial charge >= 0.3 is 0 Å². The fourth-order valence-electron chi connectivity index (χ4n) is 1.67. The summed E-state index contributed by atoms with van der Waals surface area (Å²) in [6.45, 7) is 0.713. The highest BCUT2D eigenvalue weighted by molar-refractivity contribution is 8.06. The first kappa shape index (κ1) is 14.5. The van der Waals surface area contributed by atoms with Crippen LogP contribution in [0.25, 0.3) is 6.08 Å². The first-order valence-electron chi connectivity index (χ1n) is 6.15. The van der Waals surface area contributed by atoms with Gasteiger partial charge in [0.2, 0.25) is 5.91 Å². The van der Waals surface area contributed by atoms with E-state index in [0.717, 1.165) is 17.1 Å². The Morgan fingerprint density at radius 3 is 2.84 bits per heavy atom. The molecule has 102 valence electrons. The maximum atomic E-state index is 12.7. The molecular weight excluding hydrogens is 281 g/mol. The number of hydrogen-bond donors (Lipinski definition) is 1. The average Bonchev–Trinajstić information content (AvgIpc) is 2.45. The molecule has 1 heterocycles. The van der Waals surface area contributed by atoms with Crippen molar-refractivity contribution in [1.29, 1.82) is 0 Å². The second-order valence-corrected chi connectivity index (χ2v) is 6.76. The topological polar surface area (TPSA) is 29.1 Å². The van der Waals surface area contributed by atoms with E-state index >= 15 is 0 Å². The van der Waals surface area contributed by atoms with Crippen LogP contribution in [0.4, 0.5) is 4.39 Å². The number of hydrogen-bond acceptors (Lipinski definition) is 3. The predicted molar refractivity (Wildman–Crippen MR) is 82.0 cm³/mol. The summed E-state index contributed by atoms with van der Waals surface area (Å²) in [6, 6.07) is 6.06. The molecule has 1 amide bonds. The third-order valence-corrected chi connectivity index (χ3v) is 5.53. The number of carbonyl (C=O) groups is 1. The Kier molecular flexibility index (Phi) is 5.79. The molecule has 5 heteroatoms. The van der Waals surface area contributed by atoms with Gasteiger partial charge in [0.15, 0.2) is 0 Å². The van der Waals surface area contributed by atoms with Gasteiger partial charge in [-0.1, -0.05) is 12.1 Å². The summed E-state index contributed by atoms with van der Waals surface area (Å²) >= 11 is 3.86. The normalized spacial score (nSPS) is 19.5. The zero-order valence-electron chi connectivity index (χ0n) is 10.5. The highest BCUT2D eigenvalue weighted by atomic mass is 32.2. The fraction of sp³-hybridized carbons (Fsp3) is 0.357. The Morgan fingerprint density at radius 1 is 1.37 bits per heavy atom. The maximum Gasteiger partial charge on any atom is 0.244 e. The minimum Gasteiger partial charge on any atom is -0.351 e. The molecule has 1 aromatic carbocycles. The highest BCUT2D eigenvalue weighted by Crippen LogP contribution is 2.23. The lowest BCUT2D eigenvalue weighted by atomic mass is 10.2. The van der Waals surface area contributed by atoms with Gasteiger partial charge in [-0.25, -0.2) is 4.39 Å². The zero-order chi connectivity index (χ0) is 13.5. The fourth-order valence-corrected chi connectivity index (χ4v) is 4.29. The second kappa shape index (κ2) is 7.60. The summed E-state index contributed by atoms with van der Waals surface area (Å²) < 4.78 is 12.7. The number of carbonyl (C=O) groups excluding carboxylic acids is 1. The average molecular weight is 297 g/mol. The van der Waals surface area contributed by atoms with Gasteiger partial charge in [-0.15, -0.1) is 0 Å². The third kappa shape index (κ3) is 5.28. The van der Waals surface area contributed by atoms with Crippen molar-refractivity contribution < 1.29 is 9.18 Å². The van der Waals surface area contributed by atoms with Crippen molar-refractivity contribution in [3.05, 3.63) is 41.7 Å². The summed E-state index contributed by atoms with van der Waals surface area (Å²) in [5, 5.41) is 3.42. The zero-order valence-corrected chi connectivity index (χ0v) is 12.1. The van der Waals surface area contributed by atoms with Crippen LogP contribution in [-0.2, 0) is 4.79 Å². The molecule has 0 aliphatic carbocycles. The van der Waals surface area contributed by atoms with E-state index in [0.29, 0.717) is 11.8 Å². The van der Waals surface area contributed by atoms with Crippen molar-refractivity contribution in [2.45, 2.75) is 5.25 Å². The van der Waals surface area contributed by atoms with E-state index in [-0.39, 0.29) is 11.7 Å². The lowest BCUT2D eigenvalue weighted by Gasteiger charge is -2.20. The molecule has 19 heavy (non-hydrogen) atoms. The predicted octanol–water partition coefficient (Wildman–Crippen LogP) is 2.80. The summed E-state index contributed by atoms with van der Waals surface area (Å²) in [5.74, 6) is 3.11. The summed E-state index contributed by atoms with van der Waals surface area (Å²) in [7, 11) is 0. The summed E-state index contributed by atoms with van der Waals surface area (Å²) in [4.78, 5) is 11.6. The highest BCUT2D eigenvalue weighted by Gasteiger charge is 2.14. The van der Waals surface area contributed by atoms with Crippen molar-refractivity contribution in [2.24, 2.45) is 0 Å². The molecule has 0 bridgehead atoms. The molecule has 0 saturated carbocycles. The monoisotopic (exact) mass is 297 g/mol. The molecule has 1 aliphatic heterocycles. The van der Waals surface area contributed by atoms with Crippen LogP contribution in [0.5, 0.6) is 0 Å².